The molecule has 0 saturated carbocycles. The number of benzene rings is 3. The molecule has 1 heterocycles. The van der Waals surface area contributed by atoms with Crippen LogP contribution in [0, 0.1) is 0 Å². The fraction of sp³-hybridized carbons (Fsp3) is 0.179. The van der Waals surface area contributed by atoms with Crippen LogP contribution >= 0.6 is 11.8 Å². The van der Waals surface area contributed by atoms with E-state index in [1.807, 2.05) is 80.8 Å². The average Bonchev–Trinajstić information content (AvgIpc) is 3.26. The topological polar surface area (TPSA) is 60.7 Å². The number of carbonyl (C=O) groups is 1. The molecule has 0 aliphatic heterocycles. The lowest BCUT2D eigenvalue weighted by molar-refractivity contribution is -0.111. The van der Waals surface area contributed by atoms with Gasteiger partial charge in [-0.3, -0.25) is 4.79 Å². The number of ether oxygens (including phenoxy) is 2. The maximum absolute atomic E-state index is 12.7. The Balaban J connectivity index is 1.66. The third-order valence-electron chi connectivity index (χ3n) is 5.48. The first-order chi connectivity index (χ1) is 16.5. The van der Waals surface area contributed by atoms with Gasteiger partial charge in [0, 0.05) is 39.2 Å². The molecule has 5 nitrogen and oxygen atoms in total. The molecule has 4 aromatic rings. The van der Waals surface area contributed by atoms with Gasteiger partial charge in [0.2, 0.25) is 5.91 Å². The number of rotatable bonds is 8. The molecule has 0 radical (unpaired) electrons. The van der Waals surface area contributed by atoms with E-state index in [2.05, 4.69) is 5.32 Å². The predicted molar refractivity (Wildman–Crippen MR) is 140 cm³/mol. The summed E-state index contributed by atoms with van der Waals surface area (Å²) >= 11 is 1.63. The predicted octanol–water partition coefficient (Wildman–Crippen LogP) is 7.27. The smallest absolute Gasteiger partial charge is 0.248 e. The Morgan fingerprint density at radius 1 is 1.12 bits per heavy atom. The molecule has 6 heteroatoms. The quantitative estimate of drug-likeness (QED) is 0.215. The molecule has 0 aliphatic carbocycles. The van der Waals surface area contributed by atoms with Crippen molar-refractivity contribution in [2.75, 3.05) is 25.3 Å². The summed E-state index contributed by atoms with van der Waals surface area (Å²) < 4.78 is 17.0. The number of nitrogens with one attached hydrogen (secondary N) is 1. The molecule has 0 unspecified atom stereocenters. The normalized spacial score (nSPS) is 11.5. The molecule has 0 spiro atoms. The summed E-state index contributed by atoms with van der Waals surface area (Å²) in [4.78, 5) is 13.8. The van der Waals surface area contributed by atoms with E-state index in [0.717, 1.165) is 49.6 Å². The Hall–Kier alpha value is -3.64. The van der Waals surface area contributed by atoms with Crippen LogP contribution < -0.4 is 14.8 Å². The number of hydrogen-bond acceptors (Lipinski definition) is 5. The minimum absolute atomic E-state index is 0.197. The van der Waals surface area contributed by atoms with E-state index in [1.165, 1.54) is 0 Å². The first-order valence-electron chi connectivity index (χ1n) is 11.0. The molecule has 4 rings (SSSR count). The number of carbonyl (C=O) groups excluding carboxylic acids is 1. The van der Waals surface area contributed by atoms with Crippen molar-refractivity contribution >= 4 is 39.9 Å². The van der Waals surface area contributed by atoms with Crippen molar-refractivity contribution in [2.24, 2.45) is 0 Å². The van der Waals surface area contributed by atoms with Crippen molar-refractivity contribution in [3.8, 4) is 22.6 Å². The maximum Gasteiger partial charge on any atom is 0.248 e. The lowest BCUT2D eigenvalue weighted by Crippen LogP contribution is -2.08. The van der Waals surface area contributed by atoms with Crippen molar-refractivity contribution in [1.82, 2.24) is 0 Å². The average molecular weight is 474 g/mol. The summed E-state index contributed by atoms with van der Waals surface area (Å²) in [7, 11) is 1.61. The Kier molecular flexibility index (Phi) is 7.28. The zero-order chi connectivity index (χ0) is 24.1. The van der Waals surface area contributed by atoms with Crippen LogP contribution in [0.3, 0.4) is 0 Å². The van der Waals surface area contributed by atoms with Crippen molar-refractivity contribution in [3.05, 3.63) is 78.6 Å². The summed E-state index contributed by atoms with van der Waals surface area (Å²) in [5.41, 5.74) is 5.08. The molecule has 1 N–H and O–H groups in total. The molecular weight excluding hydrogens is 446 g/mol. The van der Waals surface area contributed by atoms with E-state index in [-0.39, 0.29) is 5.91 Å². The van der Waals surface area contributed by atoms with Crippen LogP contribution in [0.2, 0.25) is 0 Å². The Morgan fingerprint density at radius 2 is 1.91 bits per heavy atom. The number of hydrogen-bond donors (Lipinski definition) is 1. The van der Waals surface area contributed by atoms with Crippen LogP contribution in [0.1, 0.15) is 19.4 Å². The largest absolute Gasteiger partial charge is 0.496 e. The first kappa shape index (κ1) is 23.5. The Morgan fingerprint density at radius 3 is 2.62 bits per heavy atom. The molecule has 0 atom stereocenters. The number of fused-ring (bicyclic) bond motifs is 1. The number of amides is 1. The molecule has 34 heavy (non-hydrogen) atoms. The molecule has 0 fully saturated rings. The van der Waals surface area contributed by atoms with Gasteiger partial charge in [0.1, 0.15) is 17.1 Å². The number of anilines is 1. The van der Waals surface area contributed by atoms with Gasteiger partial charge in [-0.1, -0.05) is 18.2 Å². The third kappa shape index (κ3) is 5.13. The highest BCUT2D eigenvalue weighted by Gasteiger charge is 2.15. The van der Waals surface area contributed by atoms with E-state index < -0.39 is 0 Å². The molecule has 3 aromatic carbocycles. The molecule has 0 saturated heterocycles. The van der Waals surface area contributed by atoms with E-state index in [4.69, 9.17) is 13.9 Å². The first-order valence-corrected chi connectivity index (χ1v) is 12.2. The zero-order valence-electron chi connectivity index (χ0n) is 19.7. The molecule has 0 bridgehead atoms. The summed E-state index contributed by atoms with van der Waals surface area (Å²) in [5.74, 6) is 1.28. The van der Waals surface area contributed by atoms with Crippen molar-refractivity contribution in [2.45, 2.75) is 18.7 Å². The van der Waals surface area contributed by atoms with Gasteiger partial charge in [-0.2, -0.15) is 0 Å². The number of thioether (sulfide) groups is 1. The van der Waals surface area contributed by atoms with Crippen LogP contribution in [-0.4, -0.2) is 25.9 Å². The van der Waals surface area contributed by atoms with Gasteiger partial charge in [0.25, 0.3) is 0 Å². The summed E-state index contributed by atoms with van der Waals surface area (Å²) in [6.45, 7) is 4.49. The van der Waals surface area contributed by atoms with E-state index in [9.17, 15) is 4.79 Å². The second-order valence-electron chi connectivity index (χ2n) is 7.70. The summed E-state index contributed by atoms with van der Waals surface area (Å²) in [6, 6.07) is 19.6. The van der Waals surface area contributed by atoms with Crippen LogP contribution in [0.15, 0.2) is 82.3 Å². The van der Waals surface area contributed by atoms with Gasteiger partial charge >= 0.3 is 0 Å². The second kappa shape index (κ2) is 10.5. The Bertz CT molecular complexity index is 1340. The SMILES string of the molecule is CCOc1ccc(-c2coc3cc(OC)c(/C(C)=C/C(=O)Nc4cccc(SC)c4)cc23)cc1. The van der Waals surface area contributed by atoms with Gasteiger partial charge in [-0.15, -0.1) is 11.8 Å². The molecule has 174 valence electrons. The van der Waals surface area contributed by atoms with Crippen LogP contribution in [-0.2, 0) is 4.79 Å². The molecule has 1 amide bonds. The highest BCUT2D eigenvalue weighted by atomic mass is 32.2. The molecule has 1 aromatic heterocycles. The third-order valence-corrected chi connectivity index (χ3v) is 6.21. The van der Waals surface area contributed by atoms with Crippen molar-refractivity contribution < 1.29 is 18.7 Å². The van der Waals surface area contributed by atoms with Crippen molar-refractivity contribution in [1.29, 1.82) is 0 Å². The molecular formula is C28H27NO4S. The summed E-state index contributed by atoms with van der Waals surface area (Å²) in [5, 5.41) is 3.89. The van der Waals surface area contributed by atoms with Crippen molar-refractivity contribution in [3.63, 3.8) is 0 Å². The standard InChI is InChI=1S/C28H27NO4S/c1-5-32-21-11-9-19(10-12-21)25-17-33-27-16-26(31-3)23(15-24(25)27)18(2)13-28(30)29-20-7-6-8-22(14-20)34-4/h6-17H,5H2,1-4H3,(H,29,30)/b18-13+. The summed E-state index contributed by atoms with van der Waals surface area (Å²) in [6.07, 6.45) is 5.34. The highest BCUT2D eigenvalue weighted by Crippen LogP contribution is 2.37. The van der Waals surface area contributed by atoms with Gasteiger partial charge in [-0.05, 0) is 67.6 Å². The number of furan rings is 1. The number of methoxy groups -OCH3 is 1. The Labute approximate surface area is 203 Å². The van der Waals surface area contributed by atoms with Gasteiger partial charge in [0.05, 0.1) is 20.0 Å². The van der Waals surface area contributed by atoms with Crippen LogP contribution in [0.25, 0.3) is 27.7 Å². The highest BCUT2D eigenvalue weighted by molar-refractivity contribution is 7.98. The number of allylic oxidation sites excluding steroid dienone is 1. The van der Waals surface area contributed by atoms with Gasteiger partial charge < -0.3 is 19.2 Å². The maximum atomic E-state index is 12.7. The minimum Gasteiger partial charge on any atom is -0.496 e. The van der Waals surface area contributed by atoms with E-state index in [1.54, 1.807) is 31.2 Å². The fourth-order valence-corrected chi connectivity index (χ4v) is 4.27. The monoisotopic (exact) mass is 473 g/mol. The minimum atomic E-state index is -0.197. The fourth-order valence-electron chi connectivity index (χ4n) is 3.81. The van der Waals surface area contributed by atoms with E-state index >= 15 is 0 Å². The second-order valence-corrected chi connectivity index (χ2v) is 8.58. The molecule has 0 aliphatic rings. The van der Waals surface area contributed by atoms with Crippen LogP contribution in [0.5, 0.6) is 11.5 Å². The van der Waals surface area contributed by atoms with Gasteiger partial charge in [-0.25, -0.2) is 0 Å². The van der Waals surface area contributed by atoms with Gasteiger partial charge in [0.15, 0.2) is 0 Å². The zero-order valence-corrected chi connectivity index (χ0v) is 20.5. The van der Waals surface area contributed by atoms with Crippen LogP contribution in [0.4, 0.5) is 5.69 Å². The lowest BCUT2D eigenvalue weighted by atomic mass is 9.99. The lowest BCUT2D eigenvalue weighted by Gasteiger charge is -2.11. The van der Waals surface area contributed by atoms with E-state index in [0.29, 0.717) is 12.4 Å².